The van der Waals surface area contributed by atoms with Crippen LogP contribution in [0, 0.1) is 55.4 Å². The molecule has 4 aromatic carbocycles. The molecule has 2 amide bonds. The second kappa shape index (κ2) is 48.4. The first-order chi connectivity index (χ1) is 52.1. The minimum Gasteiger partial charge on any atom is -0.469 e. The van der Waals surface area contributed by atoms with Crippen molar-refractivity contribution < 1.29 is 52.8 Å². The van der Waals surface area contributed by atoms with Gasteiger partial charge in [0.25, 0.3) is 11.8 Å². The lowest BCUT2D eigenvalue weighted by Crippen LogP contribution is -2.31. The maximum atomic E-state index is 12.2. The first kappa shape index (κ1) is 86.9. The summed E-state index contributed by atoms with van der Waals surface area (Å²) in [4.78, 5) is 98.9. The van der Waals surface area contributed by atoms with Crippen LogP contribution in [0.5, 0.6) is 0 Å². The number of imide groups is 1. The lowest BCUT2D eigenvalue weighted by molar-refractivity contribution is -0.154. The highest BCUT2D eigenvalue weighted by atomic mass is 31.1. The van der Waals surface area contributed by atoms with Gasteiger partial charge in [0.2, 0.25) is 0 Å². The zero-order valence-corrected chi connectivity index (χ0v) is 64.6. The molecule has 21 heteroatoms. The molecule has 1 aliphatic rings. The first-order valence-electron chi connectivity index (χ1n) is 35.1. The largest absolute Gasteiger partial charge is 0.469 e. The van der Waals surface area contributed by atoms with E-state index in [1.807, 2.05) is 115 Å². The number of rotatable bonds is 18. The van der Waals surface area contributed by atoms with Crippen molar-refractivity contribution in [3.63, 3.8) is 0 Å². The van der Waals surface area contributed by atoms with Gasteiger partial charge in [0.15, 0.2) is 5.92 Å². The molecule has 0 aliphatic carbocycles. The average molecular weight is 1480 g/mol. The molecule has 0 unspecified atom stereocenters. The highest BCUT2D eigenvalue weighted by Crippen LogP contribution is 2.32. The van der Waals surface area contributed by atoms with Crippen LogP contribution in [-0.2, 0) is 70.2 Å². The number of hydrogen-bond donors (Lipinski definition) is 2. The fourth-order valence-electron chi connectivity index (χ4n) is 10.5. The van der Waals surface area contributed by atoms with E-state index < -0.39 is 25.8 Å². The number of ether oxygens (including phenoxy) is 4. The van der Waals surface area contributed by atoms with E-state index in [0.717, 1.165) is 75.0 Å². The molecule has 7 aromatic heterocycles. The summed E-state index contributed by atoms with van der Waals surface area (Å²) in [6.07, 6.45) is 15.0. The molecule has 562 valence electrons. The number of methoxy groups -OCH3 is 3. The summed E-state index contributed by atoms with van der Waals surface area (Å²) in [6.45, 7) is 19.0. The number of carbonyl (C=O) groups excluding carboxylic acids is 6. The zero-order valence-electron chi connectivity index (χ0n) is 63.7. The molecular formula is C87H98N9O11P. The van der Waals surface area contributed by atoms with Crippen molar-refractivity contribution in [2.75, 3.05) is 47.6 Å². The Morgan fingerprint density at radius 3 is 1.10 bits per heavy atom. The van der Waals surface area contributed by atoms with E-state index in [1.54, 1.807) is 75.0 Å². The third-order valence-electron chi connectivity index (χ3n) is 15.6. The van der Waals surface area contributed by atoms with Crippen molar-refractivity contribution in [3.8, 4) is 0 Å². The highest BCUT2D eigenvalue weighted by Gasteiger charge is 2.35. The molecule has 0 fully saturated rings. The highest BCUT2D eigenvalue weighted by molar-refractivity contribution is 7.79. The number of fused-ring (bicyclic) bond motifs is 1. The monoisotopic (exact) mass is 1480 g/mol. The Bertz CT molecular complexity index is 4360. The quantitative estimate of drug-likeness (QED) is 0.0265. The molecule has 0 saturated heterocycles. The zero-order chi connectivity index (χ0) is 78.6. The molecule has 0 spiro atoms. The predicted molar refractivity (Wildman–Crippen MR) is 425 cm³/mol. The van der Waals surface area contributed by atoms with Crippen molar-refractivity contribution in [2.24, 2.45) is 5.73 Å². The second-order valence-corrected chi connectivity index (χ2v) is 26.6. The average Bonchev–Trinajstić information content (AvgIpc) is 1.63. The smallest absolute Gasteiger partial charge is 0.324 e. The van der Waals surface area contributed by atoms with Crippen molar-refractivity contribution in [2.45, 2.75) is 100 Å². The molecule has 3 N–H and O–H groups in total. The molecular weight excluding hydrogens is 1380 g/mol. The topological polar surface area (TPSA) is 279 Å². The molecule has 0 radical (unpaired) electrons. The Morgan fingerprint density at radius 1 is 0.417 bits per heavy atom. The van der Waals surface area contributed by atoms with Gasteiger partial charge in [-0.2, -0.15) is 0 Å². The summed E-state index contributed by atoms with van der Waals surface area (Å²) in [7, 11) is 3.40. The SMILES string of the molecule is CCOC(=O)Cc1ccnc(C)c1.COC(=O)C(C(=O)OC)c1ccnc(C)c1.COC(=O)Cc1ccnc(C)c1.Cc1cc(CCN)ccn1.Cc1cc(CCN2C(=O)c3ccccc3C2=O)ccn1.Cc1cc(CCO)ccn1.Cc1ccnc(C)c1.c1ccc(P(c2ccccc2)c2ccccc2)cc1. The van der Waals surface area contributed by atoms with Crippen LogP contribution in [0.1, 0.15) is 112 Å². The van der Waals surface area contributed by atoms with Crippen molar-refractivity contribution >= 4 is 59.5 Å². The number of benzene rings is 4. The number of hydrogen-bond acceptors (Lipinski definition) is 19. The van der Waals surface area contributed by atoms with E-state index in [-0.39, 0.29) is 30.4 Å². The Kier molecular flexibility index (Phi) is 39.0. The van der Waals surface area contributed by atoms with E-state index in [2.05, 4.69) is 159 Å². The van der Waals surface area contributed by atoms with Gasteiger partial charge in [-0.05, 0) is 248 Å². The second-order valence-electron chi connectivity index (χ2n) is 24.4. The summed E-state index contributed by atoms with van der Waals surface area (Å²) < 4.78 is 18.5. The van der Waals surface area contributed by atoms with Crippen LogP contribution in [0.25, 0.3) is 0 Å². The van der Waals surface area contributed by atoms with Crippen molar-refractivity contribution in [3.05, 3.63) is 333 Å². The predicted octanol–water partition coefficient (Wildman–Crippen LogP) is 12.6. The van der Waals surface area contributed by atoms with Gasteiger partial charge in [0.1, 0.15) is 0 Å². The van der Waals surface area contributed by atoms with Gasteiger partial charge in [0, 0.05) is 96.4 Å². The van der Waals surface area contributed by atoms with Gasteiger partial charge in [-0.3, -0.25) is 68.6 Å². The number of carbonyl (C=O) groups is 6. The number of aryl methyl sites for hydroxylation is 8. The maximum absolute atomic E-state index is 12.2. The summed E-state index contributed by atoms with van der Waals surface area (Å²) in [5.41, 5.74) is 20.2. The van der Waals surface area contributed by atoms with Crippen LogP contribution >= 0.6 is 7.92 Å². The van der Waals surface area contributed by atoms with Crippen LogP contribution in [0.2, 0.25) is 0 Å². The van der Waals surface area contributed by atoms with Gasteiger partial charge in [-0.15, -0.1) is 0 Å². The number of pyridine rings is 7. The fraction of sp³-hybridized carbons (Fsp3) is 0.253. The van der Waals surface area contributed by atoms with Crippen LogP contribution < -0.4 is 21.6 Å². The Morgan fingerprint density at radius 2 is 0.759 bits per heavy atom. The molecule has 0 bridgehead atoms. The first-order valence-corrected chi connectivity index (χ1v) is 36.4. The van der Waals surface area contributed by atoms with Gasteiger partial charge in [0.05, 0.1) is 51.9 Å². The number of esters is 4. The lowest BCUT2D eigenvalue weighted by atomic mass is 10.00. The fourth-order valence-corrected chi connectivity index (χ4v) is 12.8. The Labute approximate surface area is 636 Å². The van der Waals surface area contributed by atoms with E-state index in [0.29, 0.717) is 55.6 Å². The number of aliphatic hydroxyl groups excluding tert-OH is 1. The number of nitrogens with zero attached hydrogens (tertiary/aromatic N) is 8. The summed E-state index contributed by atoms with van der Waals surface area (Å²) in [5.74, 6) is -3.13. The van der Waals surface area contributed by atoms with E-state index in [9.17, 15) is 28.8 Å². The normalized spacial score (nSPS) is 10.6. The number of aromatic nitrogens is 7. The molecule has 12 rings (SSSR count). The summed E-state index contributed by atoms with van der Waals surface area (Å²) in [6, 6.07) is 65.8. The number of nitrogens with two attached hydrogens (primary N) is 1. The standard InChI is InChI=1S/C18H15P.C16H14N2O2.C11H13NO4.C10H13NO2.C9H11NO2.C8H12N2.C8H11NO.C7H9N/c1-4-10-16(11-5-1)19(17-12-6-2-7-13-17)18-14-8-3-9-15-18;1-11-10-12(6-8-17-11)7-9-18-15(19)13-4-2-3-5-14(13)16(18)20;1-7-6-8(4-5-12-7)9(10(13)15-2)11(14)16-3;1-3-13-10(12)7-9-4-5-11-8(2)6-9;1-7-5-8(3-4-10-7)6-9(11)12-2;1-7-6-8(2-4-9)3-5-10-7;1-7-6-8(3-5-10)2-4-9-7;1-6-3-4-8-7(2)5-6/h1-15H;2-6,8,10H,7,9H2,1H3;4-6,9H,1-3H3;4-6H,3,7H2,1-2H3;3-5H,6H2,1-2H3;3,5-6H,2,4,9H2,1H3;2,4,6,10H,3,5H2,1H3;3-5H,1-2H3. The molecule has 108 heavy (non-hydrogen) atoms. The Balaban J connectivity index is 0.000000225. The van der Waals surface area contributed by atoms with Crippen molar-refractivity contribution in [1.29, 1.82) is 0 Å². The molecule has 0 atom stereocenters. The minimum atomic E-state index is -1.04. The van der Waals surface area contributed by atoms with E-state index in [4.69, 9.17) is 15.6 Å². The summed E-state index contributed by atoms with van der Waals surface area (Å²) >= 11 is 0. The van der Waals surface area contributed by atoms with Gasteiger partial charge in [-0.1, -0.05) is 103 Å². The number of aliphatic hydroxyl groups is 1. The van der Waals surface area contributed by atoms with Crippen LogP contribution in [0.4, 0.5) is 0 Å². The molecule has 8 heterocycles. The third-order valence-corrected chi connectivity index (χ3v) is 18.0. The van der Waals surface area contributed by atoms with Crippen LogP contribution in [-0.4, -0.2) is 128 Å². The van der Waals surface area contributed by atoms with Crippen LogP contribution in [0.15, 0.2) is 244 Å². The molecule has 1 aliphatic heterocycles. The minimum absolute atomic E-state index is 0.187. The number of amides is 2. The molecule has 0 saturated carbocycles. The third kappa shape index (κ3) is 31.6. The molecule has 20 nitrogen and oxygen atoms in total. The molecule has 11 aromatic rings. The Hall–Kier alpha value is -11.7. The van der Waals surface area contributed by atoms with Crippen LogP contribution in [0.3, 0.4) is 0 Å². The van der Waals surface area contributed by atoms with E-state index >= 15 is 0 Å². The maximum Gasteiger partial charge on any atom is 0.324 e. The lowest BCUT2D eigenvalue weighted by Gasteiger charge is -2.18. The van der Waals surface area contributed by atoms with E-state index in [1.165, 1.54) is 59.5 Å². The van der Waals surface area contributed by atoms with Gasteiger partial charge < -0.3 is 29.8 Å². The van der Waals surface area contributed by atoms with Crippen molar-refractivity contribution in [1.82, 2.24) is 39.8 Å². The summed E-state index contributed by atoms with van der Waals surface area (Å²) in [5, 5.41) is 12.8. The van der Waals surface area contributed by atoms with Gasteiger partial charge >= 0.3 is 23.9 Å². The van der Waals surface area contributed by atoms with Gasteiger partial charge in [-0.25, -0.2) is 0 Å².